The first kappa shape index (κ1) is 13.2. The van der Waals surface area contributed by atoms with Crippen LogP contribution in [0, 0.1) is 0 Å². The molecular weight excluding hydrogens is 224 g/mol. The van der Waals surface area contributed by atoms with Crippen molar-refractivity contribution < 1.29 is 4.74 Å². The van der Waals surface area contributed by atoms with Gasteiger partial charge in [-0.05, 0) is 56.6 Å². The third-order valence-electron chi connectivity index (χ3n) is 3.76. The van der Waals surface area contributed by atoms with Gasteiger partial charge in [0.1, 0.15) is 5.75 Å². The highest BCUT2D eigenvalue weighted by Crippen LogP contribution is 2.20. The van der Waals surface area contributed by atoms with Gasteiger partial charge >= 0.3 is 0 Å². The summed E-state index contributed by atoms with van der Waals surface area (Å²) in [5, 5.41) is 0. The number of rotatable bonds is 5. The topological polar surface area (TPSA) is 38.5 Å². The molecule has 3 nitrogen and oxygen atoms in total. The van der Waals surface area contributed by atoms with E-state index in [1.54, 1.807) is 0 Å². The van der Waals surface area contributed by atoms with Crippen LogP contribution in [0.4, 0.5) is 5.69 Å². The smallest absolute Gasteiger partial charge is 0.119 e. The summed E-state index contributed by atoms with van der Waals surface area (Å²) in [5.74, 6) is 0.919. The number of ether oxygens (including phenoxy) is 1. The Morgan fingerprint density at radius 2 is 2.06 bits per heavy atom. The van der Waals surface area contributed by atoms with Crippen molar-refractivity contribution in [3.63, 3.8) is 0 Å². The predicted octanol–water partition coefficient (Wildman–Crippen LogP) is 2.91. The lowest BCUT2D eigenvalue weighted by atomic mass is 10.00. The van der Waals surface area contributed by atoms with Gasteiger partial charge in [0.25, 0.3) is 0 Å². The van der Waals surface area contributed by atoms with E-state index in [1.165, 1.54) is 25.8 Å². The number of hydrogen-bond donors (Lipinski definition) is 1. The maximum atomic E-state index is 5.77. The second-order valence-corrected chi connectivity index (χ2v) is 4.98. The molecule has 18 heavy (non-hydrogen) atoms. The molecule has 1 aromatic carbocycles. The van der Waals surface area contributed by atoms with Crippen LogP contribution in [0.2, 0.25) is 0 Å². The molecule has 1 aliphatic rings. The molecule has 0 saturated carbocycles. The van der Waals surface area contributed by atoms with Gasteiger partial charge in [-0.1, -0.05) is 13.3 Å². The standard InChI is InChI=1S/C15H24N2O/c1-2-17-11-4-3-5-14(17)10-12-18-15-8-6-13(16)7-9-15/h6-9,14H,2-5,10-12,16H2,1H3/t14-/m1/s1. The second kappa shape index (κ2) is 6.64. The fourth-order valence-corrected chi connectivity index (χ4v) is 2.68. The zero-order valence-corrected chi connectivity index (χ0v) is 11.3. The maximum absolute atomic E-state index is 5.77. The summed E-state index contributed by atoms with van der Waals surface area (Å²) in [6, 6.07) is 8.35. The third-order valence-corrected chi connectivity index (χ3v) is 3.76. The molecule has 1 aliphatic heterocycles. The minimum atomic E-state index is 0.706. The van der Waals surface area contributed by atoms with E-state index in [-0.39, 0.29) is 0 Å². The van der Waals surface area contributed by atoms with Crippen LogP contribution >= 0.6 is 0 Å². The minimum Gasteiger partial charge on any atom is -0.494 e. The molecular formula is C15H24N2O. The van der Waals surface area contributed by atoms with E-state index in [1.807, 2.05) is 24.3 Å². The normalized spacial score (nSPS) is 20.8. The van der Waals surface area contributed by atoms with E-state index < -0.39 is 0 Å². The van der Waals surface area contributed by atoms with Gasteiger partial charge in [0.15, 0.2) is 0 Å². The fraction of sp³-hybridized carbons (Fsp3) is 0.600. The van der Waals surface area contributed by atoms with E-state index in [0.717, 1.165) is 31.0 Å². The highest BCUT2D eigenvalue weighted by atomic mass is 16.5. The molecule has 1 heterocycles. The van der Waals surface area contributed by atoms with Crippen LogP contribution in [-0.4, -0.2) is 30.6 Å². The molecule has 0 aliphatic carbocycles. The first-order chi connectivity index (χ1) is 8.79. The summed E-state index contributed by atoms with van der Waals surface area (Å²) < 4.78 is 5.77. The Balaban J connectivity index is 1.75. The fourth-order valence-electron chi connectivity index (χ4n) is 2.68. The zero-order chi connectivity index (χ0) is 12.8. The van der Waals surface area contributed by atoms with Crippen molar-refractivity contribution in [1.82, 2.24) is 4.90 Å². The van der Waals surface area contributed by atoms with Gasteiger partial charge in [0.2, 0.25) is 0 Å². The van der Waals surface area contributed by atoms with Gasteiger partial charge in [-0.3, -0.25) is 0 Å². The van der Waals surface area contributed by atoms with Gasteiger partial charge in [-0.15, -0.1) is 0 Å². The number of anilines is 1. The molecule has 0 unspecified atom stereocenters. The van der Waals surface area contributed by atoms with Crippen LogP contribution in [0.25, 0.3) is 0 Å². The first-order valence-electron chi connectivity index (χ1n) is 7.02. The number of benzene rings is 1. The van der Waals surface area contributed by atoms with E-state index in [9.17, 15) is 0 Å². The zero-order valence-electron chi connectivity index (χ0n) is 11.3. The van der Waals surface area contributed by atoms with Gasteiger partial charge in [0.05, 0.1) is 6.61 Å². The molecule has 100 valence electrons. The van der Waals surface area contributed by atoms with Gasteiger partial charge in [-0.2, -0.15) is 0 Å². The molecule has 0 radical (unpaired) electrons. The van der Waals surface area contributed by atoms with Crippen LogP contribution in [0.3, 0.4) is 0 Å². The predicted molar refractivity (Wildman–Crippen MR) is 75.9 cm³/mol. The number of nitrogens with zero attached hydrogens (tertiary/aromatic N) is 1. The first-order valence-corrected chi connectivity index (χ1v) is 7.02. The van der Waals surface area contributed by atoms with Crippen LogP contribution in [0.5, 0.6) is 5.75 Å². The van der Waals surface area contributed by atoms with Crippen molar-refractivity contribution in [2.45, 2.75) is 38.6 Å². The Morgan fingerprint density at radius 3 is 2.78 bits per heavy atom. The number of likely N-dealkylation sites (tertiary alicyclic amines) is 1. The van der Waals surface area contributed by atoms with Crippen LogP contribution in [-0.2, 0) is 0 Å². The number of piperidine rings is 1. The lowest BCUT2D eigenvalue weighted by Gasteiger charge is -2.34. The molecule has 2 rings (SSSR count). The molecule has 0 aromatic heterocycles. The number of nitrogens with two attached hydrogens (primary N) is 1. The quantitative estimate of drug-likeness (QED) is 0.814. The highest BCUT2D eigenvalue weighted by molar-refractivity contribution is 5.41. The Hall–Kier alpha value is -1.22. The number of nitrogen functional groups attached to an aromatic ring is 1. The molecule has 0 amide bonds. The molecule has 1 atom stereocenters. The lowest BCUT2D eigenvalue weighted by Crippen LogP contribution is -2.40. The van der Waals surface area contributed by atoms with E-state index in [0.29, 0.717) is 6.04 Å². The molecule has 2 N–H and O–H groups in total. The Morgan fingerprint density at radius 1 is 1.28 bits per heavy atom. The summed E-state index contributed by atoms with van der Waals surface area (Å²) in [5.41, 5.74) is 6.43. The van der Waals surface area contributed by atoms with E-state index >= 15 is 0 Å². The van der Waals surface area contributed by atoms with Gasteiger partial charge < -0.3 is 15.4 Å². The second-order valence-electron chi connectivity index (χ2n) is 4.98. The number of hydrogen-bond acceptors (Lipinski definition) is 3. The molecule has 0 spiro atoms. The van der Waals surface area contributed by atoms with Crippen LogP contribution in [0.1, 0.15) is 32.6 Å². The van der Waals surface area contributed by atoms with Gasteiger partial charge in [0, 0.05) is 11.7 Å². The Kier molecular flexibility index (Phi) is 4.88. The molecule has 3 heteroatoms. The monoisotopic (exact) mass is 248 g/mol. The average molecular weight is 248 g/mol. The lowest BCUT2D eigenvalue weighted by molar-refractivity contribution is 0.130. The summed E-state index contributed by atoms with van der Waals surface area (Å²) in [7, 11) is 0. The molecule has 1 saturated heterocycles. The van der Waals surface area contributed by atoms with E-state index in [2.05, 4.69) is 11.8 Å². The largest absolute Gasteiger partial charge is 0.494 e. The summed E-state index contributed by atoms with van der Waals surface area (Å²) in [6.07, 6.45) is 5.16. The SMILES string of the molecule is CCN1CCCC[C@@H]1CCOc1ccc(N)cc1. The molecule has 1 aromatic rings. The summed E-state index contributed by atoms with van der Waals surface area (Å²) in [6.45, 7) is 5.46. The Bertz CT molecular complexity index is 350. The maximum Gasteiger partial charge on any atom is 0.119 e. The molecule has 0 bridgehead atoms. The summed E-state index contributed by atoms with van der Waals surface area (Å²) in [4.78, 5) is 2.58. The van der Waals surface area contributed by atoms with Crippen molar-refractivity contribution in [2.24, 2.45) is 0 Å². The average Bonchev–Trinajstić information content (AvgIpc) is 2.41. The van der Waals surface area contributed by atoms with Crippen LogP contribution in [0.15, 0.2) is 24.3 Å². The van der Waals surface area contributed by atoms with Crippen molar-refractivity contribution in [1.29, 1.82) is 0 Å². The minimum absolute atomic E-state index is 0.706. The van der Waals surface area contributed by atoms with Crippen molar-refractivity contribution >= 4 is 5.69 Å². The van der Waals surface area contributed by atoms with Gasteiger partial charge in [-0.25, -0.2) is 0 Å². The summed E-state index contributed by atoms with van der Waals surface area (Å²) >= 11 is 0. The Labute approximate surface area is 110 Å². The van der Waals surface area contributed by atoms with Crippen molar-refractivity contribution in [3.05, 3.63) is 24.3 Å². The van der Waals surface area contributed by atoms with Crippen molar-refractivity contribution in [2.75, 3.05) is 25.4 Å². The van der Waals surface area contributed by atoms with Crippen molar-refractivity contribution in [3.8, 4) is 5.75 Å². The van der Waals surface area contributed by atoms with E-state index in [4.69, 9.17) is 10.5 Å². The molecule has 1 fully saturated rings. The third kappa shape index (κ3) is 3.64. The van der Waals surface area contributed by atoms with Crippen LogP contribution < -0.4 is 10.5 Å². The highest BCUT2D eigenvalue weighted by Gasteiger charge is 2.20.